The molecule has 1 aromatic carbocycles. The number of likely N-dealkylation sites (N-methyl/N-ethyl adjacent to an activating group) is 1. The molecule has 0 saturated carbocycles. The molecule has 1 amide bonds. The summed E-state index contributed by atoms with van der Waals surface area (Å²) >= 11 is 0. The van der Waals surface area contributed by atoms with Gasteiger partial charge < -0.3 is 15.0 Å². The second kappa shape index (κ2) is 8.43. The minimum Gasteiger partial charge on any atom is -0.376 e. The molecule has 1 aromatic rings. The number of hydrogen-bond acceptors (Lipinski definition) is 4. The van der Waals surface area contributed by atoms with Crippen LogP contribution in [0.5, 0.6) is 0 Å². The number of ether oxygens (including phenoxy) is 1. The second-order valence-corrected chi connectivity index (χ2v) is 6.48. The van der Waals surface area contributed by atoms with Crippen LogP contribution in [-0.4, -0.2) is 68.2 Å². The minimum atomic E-state index is 0.0775. The molecule has 1 aliphatic heterocycles. The summed E-state index contributed by atoms with van der Waals surface area (Å²) in [4.78, 5) is 16.6. The fraction of sp³-hybridized carbons (Fsp3) is 0.611. The summed E-state index contributed by atoms with van der Waals surface area (Å²) in [6, 6.07) is 10.7. The Morgan fingerprint density at radius 2 is 2.04 bits per heavy atom. The van der Waals surface area contributed by atoms with E-state index >= 15 is 0 Å². The summed E-state index contributed by atoms with van der Waals surface area (Å²) < 4.78 is 5.61. The molecule has 5 heteroatoms. The highest BCUT2D eigenvalue weighted by Gasteiger charge is 2.27. The second-order valence-electron chi connectivity index (χ2n) is 6.48. The predicted octanol–water partition coefficient (Wildman–Crippen LogP) is 1.51. The molecule has 3 unspecified atom stereocenters. The van der Waals surface area contributed by atoms with Crippen LogP contribution in [0.15, 0.2) is 30.3 Å². The molecule has 2 rings (SSSR count). The van der Waals surface area contributed by atoms with Gasteiger partial charge >= 0.3 is 0 Å². The predicted molar refractivity (Wildman–Crippen MR) is 92.3 cm³/mol. The number of carbonyl (C=O) groups excluding carboxylic acids is 1. The van der Waals surface area contributed by atoms with E-state index in [2.05, 4.69) is 41.1 Å². The third-order valence-corrected chi connectivity index (χ3v) is 4.66. The Bertz CT molecular complexity index is 492. The normalized spacial score (nSPS) is 23.7. The first kappa shape index (κ1) is 17.9. The van der Waals surface area contributed by atoms with Crippen molar-refractivity contribution < 1.29 is 9.53 Å². The van der Waals surface area contributed by atoms with Crippen LogP contribution in [-0.2, 0) is 9.53 Å². The van der Waals surface area contributed by atoms with Gasteiger partial charge in [0.1, 0.15) is 0 Å². The average molecular weight is 319 g/mol. The van der Waals surface area contributed by atoms with Crippen LogP contribution < -0.4 is 5.32 Å². The SMILES string of the molecule is CC1OCCN(CC(=O)NCC(c2ccccc2)N(C)C)C1C. The van der Waals surface area contributed by atoms with Crippen LogP contribution in [0.1, 0.15) is 25.5 Å². The molecule has 1 N–H and O–H groups in total. The maximum atomic E-state index is 12.3. The van der Waals surface area contributed by atoms with Gasteiger partial charge in [0.15, 0.2) is 0 Å². The number of nitrogens with one attached hydrogen (secondary N) is 1. The summed E-state index contributed by atoms with van der Waals surface area (Å²) in [5, 5.41) is 3.08. The van der Waals surface area contributed by atoms with Gasteiger partial charge in [-0.05, 0) is 33.5 Å². The van der Waals surface area contributed by atoms with Gasteiger partial charge in [0.2, 0.25) is 5.91 Å². The van der Waals surface area contributed by atoms with Crippen LogP contribution in [0.4, 0.5) is 0 Å². The van der Waals surface area contributed by atoms with E-state index in [0.29, 0.717) is 19.7 Å². The van der Waals surface area contributed by atoms with Crippen LogP contribution in [0.3, 0.4) is 0 Å². The molecular weight excluding hydrogens is 290 g/mol. The molecule has 128 valence electrons. The molecular formula is C18H29N3O2. The fourth-order valence-electron chi connectivity index (χ4n) is 2.94. The van der Waals surface area contributed by atoms with Gasteiger partial charge in [0.25, 0.3) is 0 Å². The molecule has 1 heterocycles. The van der Waals surface area contributed by atoms with E-state index in [4.69, 9.17) is 4.74 Å². The largest absolute Gasteiger partial charge is 0.376 e. The Labute approximate surface area is 139 Å². The van der Waals surface area contributed by atoms with Crippen molar-refractivity contribution >= 4 is 5.91 Å². The summed E-state index contributed by atoms with van der Waals surface area (Å²) in [5.41, 5.74) is 1.21. The highest BCUT2D eigenvalue weighted by molar-refractivity contribution is 5.78. The van der Waals surface area contributed by atoms with Crippen molar-refractivity contribution in [2.75, 3.05) is 40.3 Å². The van der Waals surface area contributed by atoms with E-state index < -0.39 is 0 Å². The van der Waals surface area contributed by atoms with Crippen molar-refractivity contribution in [1.82, 2.24) is 15.1 Å². The maximum absolute atomic E-state index is 12.3. The Kier molecular flexibility index (Phi) is 6.57. The zero-order valence-electron chi connectivity index (χ0n) is 14.7. The number of rotatable bonds is 6. The van der Waals surface area contributed by atoms with Gasteiger partial charge in [0, 0.05) is 19.1 Å². The highest BCUT2D eigenvalue weighted by Crippen LogP contribution is 2.17. The average Bonchev–Trinajstić information content (AvgIpc) is 2.53. The molecule has 23 heavy (non-hydrogen) atoms. The molecule has 1 aliphatic rings. The van der Waals surface area contributed by atoms with Crippen LogP contribution in [0.2, 0.25) is 0 Å². The Morgan fingerprint density at radius 1 is 1.35 bits per heavy atom. The lowest BCUT2D eigenvalue weighted by molar-refractivity contribution is -0.126. The van der Waals surface area contributed by atoms with Crippen LogP contribution >= 0.6 is 0 Å². The molecule has 0 radical (unpaired) electrons. The highest BCUT2D eigenvalue weighted by atomic mass is 16.5. The first-order valence-electron chi connectivity index (χ1n) is 8.32. The van der Waals surface area contributed by atoms with Crippen molar-refractivity contribution in [2.45, 2.75) is 32.0 Å². The molecule has 1 saturated heterocycles. The van der Waals surface area contributed by atoms with Gasteiger partial charge in [-0.15, -0.1) is 0 Å². The molecule has 1 fully saturated rings. The van der Waals surface area contributed by atoms with Gasteiger partial charge in [0.05, 0.1) is 25.3 Å². The lowest BCUT2D eigenvalue weighted by Gasteiger charge is -2.37. The monoisotopic (exact) mass is 319 g/mol. The molecule has 3 atom stereocenters. The Hall–Kier alpha value is -1.43. The van der Waals surface area contributed by atoms with Gasteiger partial charge in [-0.1, -0.05) is 30.3 Å². The number of benzene rings is 1. The lowest BCUT2D eigenvalue weighted by atomic mass is 10.1. The topological polar surface area (TPSA) is 44.8 Å². The zero-order chi connectivity index (χ0) is 16.8. The van der Waals surface area contributed by atoms with Crippen LogP contribution in [0.25, 0.3) is 0 Å². The third-order valence-electron chi connectivity index (χ3n) is 4.66. The molecule has 5 nitrogen and oxygen atoms in total. The van der Waals surface area contributed by atoms with E-state index in [1.165, 1.54) is 5.56 Å². The summed E-state index contributed by atoms with van der Waals surface area (Å²) in [5.74, 6) is 0.0775. The Morgan fingerprint density at radius 3 is 2.70 bits per heavy atom. The van der Waals surface area contributed by atoms with Crippen molar-refractivity contribution in [3.63, 3.8) is 0 Å². The summed E-state index contributed by atoms with van der Waals surface area (Å²) in [6.45, 7) is 6.74. The first-order chi connectivity index (χ1) is 11.0. The number of morpholine rings is 1. The minimum absolute atomic E-state index is 0.0775. The first-order valence-corrected chi connectivity index (χ1v) is 8.32. The molecule has 0 bridgehead atoms. The van der Waals surface area contributed by atoms with Crippen molar-refractivity contribution in [3.8, 4) is 0 Å². The molecule has 0 aromatic heterocycles. The van der Waals surface area contributed by atoms with Gasteiger partial charge in [-0.2, -0.15) is 0 Å². The Balaban J connectivity index is 1.87. The summed E-state index contributed by atoms with van der Waals surface area (Å²) in [6.07, 6.45) is 0.176. The standard InChI is InChI=1S/C18H29N3O2/c1-14-15(2)23-11-10-21(14)13-18(22)19-12-17(20(3)4)16-8-6-5-7-9-16/h5-9,14-15,17H,10-13H2,1-4H3,(H,19,22). The van der Waals surface area contributed by atoms with E-state index in [-0.39, 0.29) is 24.1 Å². The van der Waals surface area contributed by atoms with Crippen molar-refractivity contribution in [1.29, 1.82) is 0 Å². The fourth-order valence-corrected chi connectivity index (χ4v) is 2.94. The maximum Gasteiger partial charge on any atom is 0.234 e. The third kappa shape index (κ3) is 5.03. The number of nitrogens with zero attached hydrogens (tertiary/aromatic N) is 2. The van der Waals surface area contributed by atoms with Gasteiger partial charge in [-0.25, -0.2) is 0 Å². The molecule has 0 aliphatic carbocycles. The molecule has 0 spiro atoms. The van der Waals surface area contributed by atoms with E-state index in [9.17, 15) is 4.79 Å². The smallest absolute Gasteiger partial charge is 0.234 e. The van der Waals surface area contributed by atoms with Gasteiger partial charge in [-0.3, -0.25) is 9.69 Å². The quantitative estimate of drug-likeness (QED) is 0.863. The van der Waals surface area contributed by atoms with Crippen molar-refractivity contribution in [3.05, 3.63) is 35.9 Å². The van der Waals surface area contributed by atoms with E-state index in [1.807, 2.05) is 32.3 Å². The lowest BCUT2D eigenvalue weighted by Crippen LogP contribution is -2.52. The van der Waals surface area contributed by atoms with E-state index in [0.717, 1.165) is 6.54 Å². The zero-order valence-corrected chi connectivity index (χ0v) is 14.7. The number of amides is 1. The van der Waals surface area contributed by atoms with E-state index in [1.54, 1.807) is 0 Å². The van der Waals surface area contributed by atoms with Crippen LogP contribution in [0, 0.1) is 0 Å². The number of carbonyl (C=O) groups is 1. The number of hydrogen-bond donors (Lipinski definition) is 1. The summed E-state index contributed by atoms with van der Waals surface area (Å²) in [7, 11) is 4.07. The van der Waals surface area contributed by atoms with Crippen molar-refractivity contribution in [2.24, 2.45) is 0 Å².